The van der Waals surface area contributed by atoms with Crippen molar-refractivity contribution in [2.45, 2.75) is 19.4 Å². The van der Waals surface area contributed by atoms with Gasteiger partial charge >= 0.3 is 7.12 Å². The van der Waals surface area contributed by atoms with Crippen LogP contribution in [-0.4, -0.2) is 12.7 Å². The normalized spacial score (nSPS) is 18.1. The smallest absolute Gasteiger partial charge is 0.534 e. The van der Waals surface area contributed by atoms with E-state index in [0.29, 0.717) is 5.76 Å². The van der Waals surface area contributed by atoms with Gasteiger partial charge in [0.15, 0.2) is 0 Å². The van der Waals surface area contributed by atoms with E-state index in [-0.39, 0.29) is 7.12 Å². The van der Waals surface area contributed by atoms with E-state index in [1.54, 1.807) is 0 Å². The number of fused-ring (bicyclic) bond motifs is 1. The summed E-state index contributed by atoms with van der Waals surface area (Å²) in [5.74, 6) is 0.681. The molecule has 0 radical (unpaired) electrons. The molecular formula is C15H15BO2. The number of hydrogen-bond acceptors (Lipinski definition) is 2. The van der Waals surface area contributed by atoms with Gasteiger partial charge in [-0.3, -0.25) is 0 Å². The Kier molecular flexibility index (Phi) is 2.45. The van der Waals surface area contributed by atoms with E-state index in [4.69, 9.17) is 9.31 Å². The molecule has 1 aliphatic rings. The van der Waals surface area contributed by atoms with Crippen molar-refractivity contribution in [3.8, 4) is 0 Å². The van der Waals surface area contributed by atoms with Crippen LogP contribution in [0, 0.1) is 0 Å². The van der Waals surface area contributed by atoms with Crippen molar-refractivity contribution < 1.29 is 9.31 Å². The molecule has 18 heavy (non-hydrogen) atoms. The summed E-state index contributed by atoms with van der Waals surface area (Å²) < 4.78 is 11.6. The van der Waals surface area contributed by atoms with Crippen LogP contribution in [0.15, 0.2) is 54.8 Å². The highest BCUT2D eigenvalue weighted by molar-refractivity contribution is 6.62. The Bertz CT molecular complexity index is 619. The van der Waals surface area contributed by atoms with Gasteiger partial charge in [-0.05, 0) is 30.1 Å². The first kappa shape index (κ1) is 11.4. The first-order chi connectivity index (χ1) is 8.56. The molecule has 2 nitrogen and oxygen atoms in total. The molecule has 0 aromatic heterocycles. The fourth-order valence-electron chi connectivity index (χ4n) is 2.12. The molecule has 2 aromatic carbocycles. The average Bonchev–Trinajstić information content (AvgIpc) is 2.63. The zero-order chi connectivity index (χ0) is 12.8. The maximum Gasteiger partial charge on any atom is 0.563 e. The molecule has 0 spiro atoms. The molecule has 1 aliphatic heterocycles. The van der Waals surface area contributed by atoms with Gasteiger partial charge in [0.05, 0.1) is 5.76 Å². The first-order valence-electron chi connectivity index (χ1n) is 6.09. The van der Waals surface area contributed by atoms with E-state index in [2.05, 4.69) is 30.8 Å². The van der Waals surface area contributed by atoms with Gasteiger partial charge in [0.2, 0.25) is 0 Å². The minimum Gasteiger partial charge on any atom is -0.534 e. The monoisotopic (exact) mass is 238 g/mol. The fraction of sp³-hybridized carbons (Fsp3) is 0.200. The lowest BCUT2D eigenvalue weighted by molar-refractivity contribution is 0.173. The third kappa shape index (κ3) is 1.81. The van der Waals surface area contributed by atoms with Crippen LogP contribution in [0.4, 0.5) is 0 Å². The molecule has 0 saturated carbocycles. The minimum absolute atomic E-state index is 0.350. The summed E-state index contributed by atoms with van der Waals surface area (Å²) >= 11 is 0. The zero-order valence-corrected chi connectivity index (χ0v) is 10.6. The van der Waals surface area contributed by atoms with Gasteiger partial charge in [0.25, 0.3) is 0 Å². The van der Waals surface area contributed by atoms with Crippen molar-refractivity contribution in [3.05, 3.63) is 54.8 Å². The van der Waals surface area contributed by atoms with Crippen molar-refractivity contribution in [1.82, 2.24) is 0 Å². The molecule has 2 aromatic rings. The lowest BCUT2D eigenvalue weighted by Crippen LogP contribution is -2.34. The second-order valence-electron chi connectivity index (χ2n) is 5.11. The highest BCUT2D eigenvalue weighted by Crippen LogP contribution is 2.29. The van der Waals surface area contributed by atoms with Crippen LogP contribution in [-0.2, 0) is 9.31 Å². The molecule has 1 heterocycles. The molecule has 0 amide bonds. The van der Waals surface area contributed by atoms with Crippen molar-refractivity contribution in [2.75, 3.05) is 0 Å². The molecule has 0 atom stereocenters. The Labute approximate surface area is 107 Å². The summed E-state index contributed by atoms with van der Waals surface area (Å²) in [7, 11) is -0.350. The van der Waals surface area contributed by atoms with Crippen LogP contribution < -0.4 is 5.46 Å². The van der Waals surface area contributed by atoms with Crippen LogP contribution in [0.25, 0.3) is 10.8 Å². The quantitative estimate of drug-likeness (QED) is 0.711. The maximum atomic E-state index is 5.87. The standard InChI is InChI=1S/C15H15BO2/c1-11-15(2,3)18-16(17-11)14-9-8-12-6-4-5-7-13(12)10-14/h4-10H,1H2,2-3H3. The van der Waals surface area contributed by atoms with E-state index in [1.165, 1.54) is 10.8 Å². The van der Waals surface area contributed by atoms with E-state index < -0.39 is 5.60 Å². The van der Waals surface area contributed by atoms with Crippen molar-refractivity contribution in [1.29, 1.82) is 0 Å². The lowest BCUT2D eigenvalue weighted by atomic mass is 9.78. The molecule has 0 N–H and O–H groups in total. The Morgan fingerprint density at radius 2 is 1.78 bits per heavy atom. The van der Waals surface area contributed by atoms with E-state index >= 15 is 0 Å². The predicted molar refractivity (Wildman–Crippen MR) is 74.7 cm³/mol. The highest BCUT2D eigenvalue weighted by atomic mass is 16.7. The Morgan fingerprint density at radius 1 is 1.06 bits per heavy atom. The second-order valence-corrected chi connectivity index (χ2v) is 5.11. The summed E-state index contributed by atoms with van der Waals surface area (Å²) in [4.78, 5) is 0. The topological polar surface area (TPSA) is 18.5 Å². The summed E-state index contributed by atoms with van der Waals surface area (Å²) in [6.07, 6.45) is 0. The molecule has 0 aliphatic carbocycles. The summed E-state index contributed by atoms with van der Waals surface area (Å²) in [5.41, 5.74) is 0.608. The van der Waals surface area contributed by atoms with Gasteiger partial charge in [0, 0.05) is 0 Å². The van der Waals surface area contributed by atoms with Gasteiger partial charge < -0.3 is 9.31 Å². The zero-order valence-electron chi connectivity index (χ0n) is 10.6. The molecular weight excluding hydrogens is 223 g/mol. The van der Waals surface area contributed by atoms with Gasteiger partial charge in [-0.15, -0.1) is 0 Å². The number of benzene rings is 2. The van der Waals surface area contributed by atoms with E-state index in [0.717, 1.165) is 5.46 Å². The van der Waals surface area contributed by atoms with Gasteiger partial charge in [-0.2, -0.15) is 0 Å². The molecule has 1 fully saturated rings. The van der Waals surface area contributed by atoms with Gasteiger partial charge in [0.1, 0.15) is 5.60 Å². The van der Waals surface area contributed by atoms with Crippen LogP contribution in [0.3, 0.4) is 0 Å². The Morgan fingerprint density at radius 3 is 2.44 bits per heavy atom. The Balaban J connectivity index is 1.98. The maximum absolute atomic E-state index is 5.87. The third-order valence-electron chi connectivity index (χ3n) is 3.37. The first-order valence-corrected chi connectivity index (χ1v) is 6.09. The number of rotatable bonds is 1. The molecule has 0 bridgehead atoms. The lowest BCUT2D eigenvalue weighted by Gasteiger charge is -2.15. The average molecular weight is 238 g/mol. The molecule has 3 rings (SSSR count). The number of hydrogen-bond donors (Lipinski definition) is 0. The second kappa shape index (κ2) is 3.89. The van der Waals surface area contributed by atoms with Crippen molar-refractivity contribution >= 4 is 23.4 Å². The van der Waals surface area contributed by atoms with Crippen LogP contribution in [0.5, 0.6) is 0 Å². The minimum atomic E-state index is -0.420. The van der Waals surface area contributed by atoms with Crippen LogP contribution in [0.1, 0.15) is 13.8 Å². The van der Waals surface area contributed by atoms with Crippen molar-refractivity contribution in [2.24, 2.45) is 0 Å². The van der Waals surface area contributed by atoms with Gasteiger partial charge in [-0.25, -0.2) is 0 Å². The molecule has 90 valence electrons. The Hall–Kier alpha value is -1.74. The van der Waals surface area contributed by atoms with Crippen LogP contribution in [0.2, 0.25) is 0 Å². The molecule has 0 unspecified atom stereocenters. The van der Waals surface area contributed by atoms with Gasteiger partial charge in [-0.1, -0.05) is 49.0 Å². The SMILES string of the molecule is C=C1OB(c2ccc3ccccc3c2)OC1(C)C. The van der Waals surface area contributed by atoms with E-state index in [9.17, 15) is 0 Å². The summed E-state index contributed by atoms with van der Waals surface area (Å²) in [6.45, 7) is 7.84. The fourth-order valence-corrected chi connectivity index (χ4v) is 2.12. The largest absolute Gasteiger partial charge is 0.563 e. The van der Waals surface area contributed by atoms with Crippen molar-refractivity contribution in [3.63, 3.8) is 0 Å². The molecule has 3 heteroatoms. The van der Waals surface area contributed by atoms with E-state index in [1.807, 2.05) is 32.0 Å². The predicted octanol–water partition coefficient (Wildman–Crippen LogP) is 2.87. The van der Waals surface area contributed by atoms with Crippen LogP contribution >= 0.6 is 0 Å². The molecule has 1 saturated heterocycles. The summed E-state index contributed by atoms with van der Waals surface area (Å²) in [5, 5.41) is 2.41. The summed E-state index contributed by atoms with van der Waals surface area (Å²) in [6, 6.07) is 14.5. The highest BCUT2D eigenvalue weighted by Gasteiger charge is 2.42. The third-order valence-corrected chi connectivity index (χ3v) is 3.37.